The summed E-state index contributed by atoms with van der Waals surface area (Å²) in [7, 11) is 0. The fourth-order valence-electron chi connectivity index (χ4n) is 2.55. The largest absolute Gasteiger partial charge is 0.435 e. The molecule has 24 heavy (non-hydrogen) atoms. The van der Waals surface area contributed by atoms with Crippen LogP contribution in [0.1, 0.15) is 18.4 Å². The molecule has 0 radical (unpaired) electrons. The smallest absolute Gasteiger partial charge is 0.387 e. The maximum Gasteiger partial charge on any atom is 0.387 e. The van der Waals surface area contributed by atoms with E-state index >= 15 is 0 Å². The molecule has 2 heterocycles. The van der Waals surface area contributed by atoms with Crippen molar-refractivity contribution in [3.63, 3.8) is 0 Å². The van der Waals surface area contributed by atoms with Gasteiger partial charge in [0.2, 0.25) is 0 Å². The second kappa shape index (κ2) is 7.58. The van der Waals surface area contributed by atoms with Crippen LogP contribution in [0.3, 0.4) is 0 Å². The number of thiocarbonyl (C=S) groups is 1. The first kappa shape index (κ1) is 17.3. The van der Waals surface area contributed by atoms with E-state index in [4.69, 9.17) is 17.0 Å². The molecule has 2 saturated heterocycles. The second-order valence-electron chi connectivity index (χ2n) is 5.37. The summed E-state index contributed by atoms with van der Waals surface area (Å²) >= 11 is 6.52. The molecular weight excluding hydrogens is 356 g/mol. The highest BCUT2D eigenvalue weighted by Crippen LogP contribution is 2.33. The molecule has 0 bridgehead atoms. The summed E-state index contributed by atoms with van der Waals surface area (Å²) < 4.78 is 34.6. The summed E-state index contributed by atoms with van der Waals surface area (Å²) in [6.45, 7) is -1.66. The maximum atomic E-state index is 12.5. The summed E-state index contributed by atoms with van der Waals surface area (Å²) in [6.07, 6.45) is 3.67. The van der Waals surface area contributed by atoms with E-state index in [1.54, 1.807) is 23.1 Å². The van der Waals surface area contributed by atoms with Crippen molar-refractivity contribution in [1.29, 1.82) is 0 Å². The van der Waals surface area contributed by atoms with Crippen molar-refractivity contribution in [2.45, 2.75) is 25.6 Å². The van der Waals surface area contributed by atoms with Crippen LogP contribution in [0, 0.1) is 0 Å². The van der Waals surface area contributed by atoms with Gasteiger partial charge in [-0.05, 0) is 36.6 Å². The predicted molar refractivity (Wildman–Crippen MR) is 91.9 cm³/mol. The number of alkyl halides is 2. The lowest BCUT2D eigenvalue weighted by atomic mass is 10.2. The highest BCUT2D eigenvalue weighted by molar-refractivity contribution is 8.26. The molecule has 0 spiro atoms. The topological polar surface area (TPSA) is 38.8 Å². The first-order valence-electron chi connectivity index (χ1n) is 7.45. The van der Waals surface area contributed by atoms with Crippen molar-refractivity contribution < 1.29 is 23.0 Å². The average Bonchev–Trinajstić information content (AvgIpc) is 3.13. The van der Waals surface area contributed by atoms with Crippen LogP contribution in [0.25, 0.3) is 6.08 Å². The summed E-state index contributed by atoms with van der Waals surface area (Å²) in [5.74, 6) is -0.0681. The summed E-state index contributed by atoms with van der Waals surface area (Å²) in [6, 6.07) is 6.10. The minimum absolute atomic E-state index is 0.0395. The van der Waals surface area contributed by atoms with Crippen molar-refractivity contribution >= 4 is 40.3 Å². The van der Waals surface area contributed by atoms with Crippen LogP contribution in [-0.2, 0) is 9.53 Å². The zero-order valence-corrected chi connectivity index (χ0v) is 14.2. The van der Waals surface area contributed by atoms with Gasteiger partial charge in [-0.3, -0.25) is 9.69 Å². The number of amides is 1. The van der Waals surface area contributed by atoms with Crippen LogP contribution in [0.15, 0.2) is 29.2 Å². The number of benzene rings is 1. The normalized spacial score (nSPS) is 22.9. The molecule has 128 valence electrons. The standard InChI is InChI=1S/C16H15F2NO3S2/c17-15(18)22-11-5-3-10(4-6-11)8-13-14(20)19(16(23)24-13)9-12-2-1-7-21-12/h3-6,8,12,15H,1-2,7,9H2/b13-8-/t12-/m0/s1. The Bertz CT molecular complexity index is 658. The summed E-state index contributed by atoms with van der Waals surface area (Å²) in [5, 5.41) is 0. The Labute approximate surface area is 147 Å². The Morgan fingerprint density at radius 3 is 2.79 bits per heavy atom. The number of hydrogen-bond acceptors (Lipinski definition) is 5. The Hall–Kier alpha value is -1.51. The van der Waals surface area contributed by atoms with E-state index < -0.39 is 6.61 Å². The molecule has 1 aromatic rings. The van der Waals surface area contributed by atoms with Crippen molar-refractivity contribution in [3.8, 4) is 5.75 Å². The second-order valence-corrected chi connectivity index (χ2v) is 7.05. The predicted octanol–water partition coefficient (Wildman–Crippen LogP) is 3.67. The van der Waals surface area contributed by atoms with Crippen molar-refractivity contribution in [2.24, 2.45) is 0 Å². The Balaban J connectivity index is 1.68. The van der Waals surface area contributed by atoms with Gasteiger partial charge in [-0.15, -0.1) is 0 Å². The Morgan fingerprint density at radius 1 is 1.42 bits per heavy atom. The van der Waals surface area contributed by atoms with Crippen LogP contribution >= 0.6 is 24.0 Å². The molecule has 2 aliphatic heterocycles. The number of halogens is 2. The van der Waals surface area contributed by atoms with Crippen molar-refractivity contribution in [2.75, 3.05) is 13.2 Å². The van der Waals surface area contributed by atoms with Gasteiger partial charge in [0.05, 0.1) is 17.6 Å². The molecule has 0 saturated carbocycles. The molecule has 2 aliphatic rings. The highest BCUT2D eigenvalue weighted by Gasteiger charge is 2.34. The van der Waals surface area contributed by atoms with E-state index in [1.165, 1.54) is 23.9 Å². The Kier molecular flexibility index (Phi) is 5.47. The maximum absolute atomic E-state index is 12.5. The Morgan fingerprint density at radius 2 is 2.17 bits per heavy atom. The minimum atomic E-state index is -2.86. The van der Waals surface area contributed by atoms with Crippen molar-refractivity contribution in [3.05, 3.63) is 34.7 Å². The third kappa shape index (κ3) is 4.12. The van der Waals surface area contributed by atoms with Gasteiger partial charge in [-0.2, -0.15) is 8.78 Å². The minimum Gasteiger partial charge on any atom is -0.435 e. The first-order valence-corrected chi connectivity index (χ1v) is 8.67. The van der Waals surface area contributed by atoms with E-state index in [0.29, 0.717) is 21.3 Å². The van der Waals surface area contributed by atoms with Gasteiger partial charge in [-0.25, -0.2) is 0 Å². The molecule has 0 unspecified atom stereocenters. The fraction of sp³-hybridized carbons (Fsp3) is 0.375. The fourth-order valence-corrected chi connectivity index (χ4v) is 3.82. The van der Waals surface area contributed by atoms with Crippen LogP contribution in [0.5, 0.6) is 5.75 Å². The number of hydrogen-bond donors (Lipinski definition) is 0. The lowest BCUT2D eigenvalue weighted by Crippen LogP contribution is -2.35. The first-order chi connectivity index (χ1) is 11.5. The van der Waals surface area contributed by atoms with E-state index in [-0.39, 0.29) is 17.8 Å². The third-order valence-electron chi connectivity index (χ3n) is 3.69. The molecule has 4 nitrogen and oxygen atoms in total. The molecule has 0 aliphatic carbocycles. The molecule has 3 rings (SSSR count). The molecule has 8 heteroatoms. The van der Waals surface area contributed by atoms with Crippen LogP contribution in [0.4, 0.5) is 8.78 Å². The number of ether oxygens (including phenoxy) is 2. The van der Waals surface area contributed by atoms with Crippen molar-refractivity contribution in [1.82, 2.24) is 4.90 Å². The third-order valence-corrected chi connectivity index (χ3v) is 5.06. The lowest BCUT2D eigenvalue weighted by Gasteiger charge is -2.18. The molecule has 1 atom stereocenters. The van der Waals surface area contributed by atoms with Gasteiger partial charge in [-0.1, -0.05) is 36.1 Å². The van der Waals surface area contributed by atoms with Gasteiger partial charge in [0.25, 0.3) is 5.91 Å². The van der Waals surface area contributed by atoms with E-state index in [1.807, 2.05) is 0 Å². The van der Waals surface area contributed by atoms with Gasteiger partial charge in [0.15, 0.2) is 0 Å². The molecular formula is C16H15F2NO3S2. The number of nitrogens with zero attached hydrogens (tertiary/aromatic N) is 1. The van der Waals surface area contributed by atoms with E-state index in [0.717, 1.165) is 19.4 Å². The van der Waals surface area contributed by atoms with Gasteiger partial charge < -0.3 is 9.47 Å². The number of rotatable bonds is 5. The van der Waals surface area contributed by atoms with E-state index in [9.17, 15) is 13.6 Å². The summed E-state index contributed by atoms with van der Waals surface area (Å²) in [4.78, 5) is 14.6. The number of carbonyl (C=O) groups is 1. The van der Waals surface area contributed by atoms with E-state index in [2.05, 4.69) is 4.74 Å². The molecule has 1 aromatic carbocycles. The van der Waals surface area contributed by atoms with Gasteiger partial charge in [0.1, 0.15) is 10.1 Å². The van der Waals surface area contributed by atoms with Gasteiger partial charge in [0, 0.05) is 6.61 Å². The number of thioether (sulfide) groups is 1. The lowest BCUT2D eigenvalue weighted by molar-refractivity contribution is -0.123. The number of carbonyl (C=O) groups excluding carboxylic acids is 1. The summed E-state index contributed by atoms with van der Waals surface area (Å²) in [5.41, 5.74) is 0.717. The highest BCUT2D eigenvalue weighted by atomic mass is 32.2. The SMILES string of the molecule is O=C1/C(=C/c2ccc(OC(F)F)cc2)SC(=S)N1C[C@@H]1CCCO1. The zero-order valence-electron chi connectivity index (χ0n) is 12.6. The van der Waals surface area contributed by atoms with Crippen LogP contribution < -0.4 is 4.74 Å². The van der Waals surface area contributed by atoms with Crippen LogP contribution in [0.2, 0.25) is 0 Å². The quantitative estimate of drug-likeness (QED) is 0.583. The van der Waals surface area contributed by atoms with Gasteiger partial charge >= 0.3 is 6.61 Å². The molecule has 1 amide bonds. The average molecular weight is 371 g/mol. The molecule has 0 aromatic heterocycles. The molecule has 2 fully saturated rings. The van der Waals surface area contributed by atoms with Crippen LogP contribution in [-0.4, -0.2) is 41.0 Å². The molecule has 0 N–H and O–H groups in total. The monoisotopic (exact) mass is 371 g/mol. The zero-order chi connectivity index (χ0) is 17.1.